The van der Waals surface area contributed by atoms with Gasteiger partial charge in [0.15, 0.2) is 22.4 Å². The molecule has 5 rings (SSSR count). The number of anilines is 2. The van der Waals surface area contributed by atoms with Crippen LogP contribution in [0.5, 0.6) is 0 Å². The minimum atomic E-state index is -0.808. The molecule has 1 aromatic carbocycles. The Kier molecular flexibility index (Phi) is 5.73. The Hall–Kier alpha value is -3.45. The van der Waals surface area contributed by atoms with Gasteiger partial charge in [-0.25, -0.2) is 23.7 Å². The summed E-state index contributed by atoms with van der Waals surface area (Å²) in [5.41, 5.74) is 6.09. The van der Waals surface area contributed by atoms with Crippen molar-refractivity contribution in [3.8, 4) is 0 Å². The number of nitrogens with two attached hydrogens (primary N) is 1. The van der Waals surface area contributed by atoms with Crippen molar-refractivity contribution in [1.29, 1.82) is 0 Å². The van der Waals surface area contributed by atoms with Crippen LogP contribution in [0.4, 0.5) is 19.9 Å². The number of halogens is 2. The molecule has 34 heavy (non-hydrogen) atoms. The number of benzene rings is 1. The first-order chi connectivity index (χ1) is 16.3. The van der Waals surface area contributed by atoms with Gasteiger partial charge in [-0.3, -0.25) is 4.79 Å². The lowest BCUT2D eigenvalue weighted by molar-refractivity contribution is 0.0797. The van der Waals surface area contributed by atoms with Gasteiger partial charge in [-0.05, 0) is 18.9 Å². The molecule has 1 amide bonds. The van der Waals surface area contributed by atoms with Crippen molar-refractivity contribution in [2.75, 3.05) is 37.3 Å². The van der Waals surface area contributed by atoms with Gasteiger partial charge in [-0.1, -0.05) is 11.3 Å². The molecule has 0 bridgehead atoms. The van der Waals surface area contributed by atoms with Crippen LogP contribution >= 0.6 is 11.3 Å². The van der Waals surface area contributed by atoms with Gasteiger partial charge >= 0.3 is 0 Å². The maximum absolute atomic E-state index is 14.1. The summed E-state index contributed by atoms with van der Waals surface area (Å²) < 4.78 is 29.1. The normalized spacial score (nSPS) is 14.2. The molecule has 0 spiro atoms. The van der Waals surface area contributed by atoms with Crippen LogP contribution in [0.15, 0.2) is 18.3 Å². The van der Waals surface area contributed by atoms with Crippen molar-refractivity contribution in [3.05, 3.63) is 40.7 Å². The highest BCUT2D eigenvalue weighted by molar-refractivity contribution is 7.17. The van der Waals surface area contributed by atoms with E-state index in [0.717, 1.165) is 17.3 Å². The topological polar surface area (TPSA) is 126 Å². The number of nitrogens with zero attached hydrogens (tertiary/aromatic N) is 7. The molecule has 10 nitrogen and oxygen atoms in total. The molecule has 0 atom stereocenters. The summed E-state index contributed by atoms with van der Waals surface area (Å²) in [5, 5.41) is 14.7. The first-order valence-electron chi connectivity index (χ1n) is 10.7. The summed E-state index contributed by atoms with van der Waals surface area (Å²) >= 11 is 1.32. The van der Waals surface area contributed by atoms with Crippen LogP contribution in [0.25, 0.3) is 16.6 Å². The summed E-state index contributed by atoms with van der Waals surface area (Å²) in [7, 11) is 1.74. The molecule has 3 N–H and O–H groups in total. The highest BCUT2D eigenvalue weighted by Gasteiger charge is 2.27. The van der Waals surface area contributed by atoms with E-state index >= 15 is 0 Å². The zero-order valence-corrected chi connectivity index (χ0v) is 19.1. The Morgan fingerprint density at radius 1 is 1.29 bits per heavy atom. The Bertz CT molecular complexity index is 1380. The number of carbonyl (C=O) groups excluding carboxylic acids is 1. The van der Waals surface area contributed by atoms with Gasteiger partial charge in [0.25, 0.3) is 5.91 Å². The van der Waals surface area contributed by atoms with E-state index in [4.69, 9.17) is 5.73 Å². The van der Waals surface area contributed by atoms with Crippen LogP contribution in [0.3, 0.4) is 0 Å². The molecule has 0 unspecified atom stereocenters. The fourth-order valence-electron chi connectivity index (χ4n) is 3.85. The standard InChI is InChI=1S/C21H22F2N8O2S/c1-29(19(33)15-8-25-21(34-15)30-9-12(32)10-30)5-3-2-4-16-26-18-13-6-11(22)7-14(23)17(13)27-20(24)31(18)28-16/h6-8,12,32H,2-5,9-10H2,1H3,(H2,24,27). The zero-order valence-electron chi connectivity index (χ0n) is 18.3. The van der Waals surface area contributed by atoms with Gasteiger partial charge in [0.05, 0.1) is 17.7 Å². The quantitative estimate of drug-likeness (QED) is 0.378. The maximum atomic E-state index is 14.1. The highest BCUT2D eigenvalue weighted by Crippen LogP contribution is 2.27. The van der Waals surface area contributed by atoms with E-state index in [9.17, 15) is 18.7 Å². The van der Waals surface area contributed by atoms with Gasteiger partial charge in [-0.2, -0.15) is 4.52 Å². The van der Waals surface area contributed by atoms with Gasteiger partial charge in [0.1, 0.15) is 16.2 Å². The average Bonchev–Trinajstić information content (AvgIpc) is 3.43. The van der Waals surface area contributed by atoms with Crippen LogP contribution in [-0.4, -0.2) is 73.3 Å². The lowest BCUT2D eigenvalue weighted by atomic mass is 10.2. The number of fused-ring (bicyclic) bond motifs is 3. The van der Waals surface area contributed by atoms with Crippen molar-refractivity contribution >= 4 is 44.9 Å². The Labute approximate surface area is 196 Å². The molecule has 0 aliphatic carbocycles. The molecule has 1 aliphatic heterocycles. The molecule has 178 valence electrons. The first-order valence-corrected chi connectivity index (χ1v) is 11.6. The third kappa shape index (κ3) is 4.12. The molecular weight excluding hydrogens is 466 g/mol. The summed E-state index contributed by atoms with van der Waals surface area (Å²) in [6, 6.07) is 1.91. The number of unbranched alkanes of at least 4 members (excludes halogenated alkanes) is 1. The van der Waals surface area contributed by atoms with Crippen molar-refractivity contribution in [1.82, 2.24) is 29.5 Å². The summed E-state index contributed by atoms with van der Waals surface area (Å²) in [6.45, 7) is 1.61. The van der Waals surface area contributed by atoms with E-state index in [1.165, 1.54) is 15.9 Å². The maximum Gasteiger partial charge on any atom is 0.265 e. The lowest BCUT2D eigenvalue weighted by Gasteiger charge is -2.35. The van der Waals surface area contributed by atoms with Crippen molar-refractivity contribution in [2.45, 2.75) is 25.4 Å². The first kappa shape index (κ1) is 22.3. The van der Waals surface area contributed by atoms with E-state index in [1.54, 1.807) is 18.1 Å². The third-order valence-electron chi connectivity index (χ3n) is 5.69. The molecule has 1 saturated heterocycles. The number of aliphatic hydroxyl groups excluding tert-OH is 1. The highest BCUT2D eigenvalue weighted by atomic mass is 32.1. The summed E-state index contributed by atoms with van der Waals surface area (Å²) in [4.78, 5) is 29.5. The van der Waals surface area contributed by atoms with E-state index in [-0.39, 0.29) is 34.5 Å². The van der Waals surface area contributed by atoms with Crippen molar-refractivity contribution < 1.29 is 18.7 Å². The van der Waals surface area contributed by atoms with Crippen LogP contribution in [0, 0.1) is 11.6 Å². The number of hydrogen-bond donors (Lipinski definition) is 2. The van der Waals surface area contributed by atoms with Gasteiger partial charge in [0.2, 0.25) is 5.95 Å². The van der Waals surface area contributed by atoms with Crippen LogP contribution in [0.1, 0.15) is 28.3 Å². The van der Waals surface area contributed by atoms with Crippen molar-refractivity contribution in [2.24, 2.45) is 0 Å². The second-order valence-electron chi connectivity index (χ2n) is 8.27. The van der Waals surface area contributed by atoms with E-state index in [1.807, 2.05) is 4.90 Å². The molecule has 13 heteroatoms. The predicted molar refractivity (Wildman–Crippen MR) is 123 cm³/mol. The minimum absolute atomic E-state index is 0.0336. The number of aliphatic hydroxyl groups is 1. The monoisotopic (exact) mass is 488 g/mol. The third-order valence-corrected chi connectivity index (χ3v) is 6.74. The smallest absolute Gasteiger partial charge is 0.265 e. The minimum Gasteiger partial charge on any atom is -0.389 e. The largest absolute Gasteiger partial charge is 0.389 e. The zero-order chi connectivity index (χ0) is 24.0. The Morgan fingerprint density at radius 3 is 2.85 bits per heavy atom. The molecular formula is C21H22F2N8O2S. The Morgan fingerprint density at radius 2 is 2.09 bits per heavy atom. The second-order valence-corrected chi connectivity index (χ2v) is 9.28. The van der Waals surface area contributed by atoms with Crippen LogP contribution in [0.2, 0.25) is 0 Å². The van der Waals surface area contributed by atoms with E-state index in [0.29, 0.717) is 49.6 Å². The number of nitrogen functional groups attached to an aromatic ring is 1. The number of amides is 1. The number of aromatic nitrogens is 5. The summed E-state index contributed by atoms with van der Waals surface area (Å²) in [5.74, 6) is -1.20. The fraction of sp³-hybridized carbons (Fsp3) is 0.381. The number of aryl methyl sites for hydroxylation is 1. The number of carbonyl (C=O) groups is 1. The number of rotatable bonds is 7. The molecule has 1 fully saturated rings. The number of thiazole rings is 1. The molecule has 1 aliphatic rings. The van der Waals surface area contributed by atoms with Gasteiger partial charge in [0, 0.05) is 39.2 Å². The molecule has 3 aromatic heterocycles. The van der Waals surface area contributed by atoms with E-state index in [2.05, 4.69) is 20.1 Å². The van der Waals surface area contributed by atoms with Crippen LogP contribution < -0.4 is 10.6 Å². The molecule has 0 saturated carbocycles. The lowest BCUT2D eigenvalue weighted by Crippen LogP contribution is -2.50. The number of hydrogen-bond acceptors (Lipinski definition) is 9. The second kappa shape index (κ2) is 8.72. The Balaban J connectivity index is 1.19. The molecule has 4 aromatic rings. The molecule has 4 heterocycles. The fourth-order valence-corrected chi connectivity index (χ4v) is 4.78. The number of β-amino-alcohol motifs (C(OH)–C–C–N with tert-alkyl or cyclic N) is 1. The SMILES string of the molecule is CN(CCCCc1nc2c3cc(F)cc(F)c3nc(N)n2n1)C(=O)c1cnc(N2CC(O)C2)s1. The van der Waals surface area contributed by atoms with Crippen LogP contribution in [-0.2, 0) is 6.42 Å². The summed E-state index contributed by atoms with van der Waals surface area (Å²) in [6.07, 6.45) is 3.15. The average molecular weight is 489 g/mol. The van der Waals surface area contributed by atoms with Gasteiger partial charge in [-0.15, -0.1) is 5.10 Å². The van der Waals surface area contributed by atoms with E-state index < -0.39 is 11.6 Å². The van der Waals surface area contributed by atoms with Crippen molar-refractivity contribution in [3.63, 3.8) is 0 Å². The van der Waals surface area contributed by atoms with Gasteiger partial charge < -0.3 is 20.6 Å². The molecule has 0 radical (unpaired) electrons. The predicted octanol–water partition coefficient (Wildman–Crippen LogP) is 1.87.